The van der Waals surface area contributed by atoms with Gasteiger partial charge >= 0.3 is 5.97 Å². The highest BCUT2D eigenvalue weighted by Gasteiger charge is 2.27. The fourth-order valence-corrected chi connectivity index (χ4v) is 2.14. The lowest BCUT2D eigenvalue weighted by atomic mass is 9.89. The largest absolute Gasteiger partial charge is 0.508 e. The summed E-state index contributed by atoms with van der Waals surface area (Å²) in [4.78, 5) is 10.9. The molecule has 4 nitrogen and oxygen atoms in total. The number of aromatic hydroxyl groups is 1. The second-order valence-electron chi connectivity index (χ2n) is 4.16. The van der Waals surface area contributed by atoms with E-state index in [1.165, 1.54) is 0 Å². The minimum Gasteiger partial charge on any atom is -0.508 e. The van der Waals surface area contributed by atoms with E-state index >= 15 is 0 Å². The number of rotatable bonds is 2. The molecular formula is C12H15NO3. The zero-order valence-electron chi connectivity index (χ0n) is 8.89. The van der Waals surface area contributed by atoms with E-state index in [0.717, 1.165) is 5.56 Å². The fraction of sp³-hybridized carbons (Fsp3) is 0.417. The number of piperidine rings is 1. The van der Waals surface area contributed by atoms with Crippen molar-refractivity contribution in [3.8, 4) is 5.75 Å². The molecule has 0 amide bonds. The molecule has 1 heterocycles. The van der Waals surface area contributed by atoms with Crippen LogP contribution in [0.2, 0.25) is 0 Å². The van der Waals surface area contributed by atoms with Gasteiger partial charge in [-0.05, 0) is 37.1 Å². The molecule has 0 aliphatic carbocycles. The van der Waals surface area contributed by atoms with Crippen LogP contribution in [0.4, 0.5) is 0 Å². The summed E-state index contributed by atoms with van der Waals surface area (Å²) >= 11 is 0. The topological polar surface area (TPSA) is 69.6 Å². The highest BCUT2D eigenvalue weighted by molar-refractivity contribution is 5.70. The molecule has 86 valence electrons. The first kappa shape index (κ1) is 11.0. The Labute approximate surface area is 93.9 Å². The number of carboxylic acid groups (broad SMARTS) is 1. The molecule has 1 aliphatic heterocycles. The molecule has 0 spiro atoms. The Bertz CT molecular complexity index is 392. The van der Waals surface area contributed by atoms with Crippen LogP contribution in [-0.2, 0) is 4.79 Å². The molecule has 1 fully saturated rings. The summed E-state index contributed by atoms with van der Waals surface area (Å²) in [5.41, 5.74) is 0.950. The van der Waals surface area contributed by atoms with Gasteiger partial charge in [-0.3, -0.25) is 4.79 Å². The average molecular weight is 221 g/mol. The molecule has 2 rings (SSSR count). The average Bonchev–Trinajstić information content (AvgIpc) is 2.29. The van der Waals surface area contributed by atoms with Gasteiger partial charge in [-0.1, -0.05) is 12.1 Å². The van der Waals surface area contributed by atoms with Crippen LogP contribution in [-0.4, -0.2) is 22.7 Å². The van der Waals surface area contributed by atoms with Gasteiger partial charge in [0.05, 0.1) is 5.92 Å². The molecule has 3 N–H and O–H groups in total. The molecule has 1 saturated heterocycles. The molecule has 1 aromatic carbocycles. The first-order valence-corrected chi connectivity index (χ1v) is 5.42. The van der Waals surface area contributed by atoms with Crippen molar-refractivity contribution in [3.05, 3.63) is 29.8 Å². The Kier molecular flexibility index (Phi) is 3.10. The van der Waals surface area contributed by atoms with Crippen molar-refractivity contribution in [2.75, 3.05) is 6.54 Å². The van der Waals surface area contributed by atoms with E-state index in [4.69, 9.17) is 5.11 Å². The van der Waals surface area contributed by atoms with Crippen molar-refractivity contribution < 1.29 is 15.0 Å². The maximum Gasteiger partial charge on any atom is 0.306 e. The van der Waals surface area contributed by atoms with Crippen LogP contribution in [0.5, 0.6) is 5.75 Å². The van der Waals surface area contributed by atoms with Crippen molar-refractivity contribution in [1.29, 1.82) is 0 Å². The summed E-state index contributed by atoms with van der Waals surface area (Å²) < 4.78 is 0. The third-order valence-corrected chi connectivity index (χ3v) is 3.03. The Morgan fingerprint density at radius 1 is 1.44 bits per heavy atom. The molecule has 2 atom stereocenters. The van der Waals surface area contributed by atoms with E-state index in [9.17, 15) is 9.90 Å². The van der Waals surface area contributed by atoms with Gasteiger partial charge in [-0.2, -0.15) is 0 Å². The van der Waals surface area contributed by atoms with Crippen molar-refractivity contribution in [1.82, 2.24) is 5.32 Å². The maximum atomic E-state index is 10.9. The van der Waals surface area contributed by atoms with Gasteiger partial charge in [0, 0.05) is 6.04 Å². The molecule has 0 radical (unpaired) electrons. The molecule has 1 aromatic rings. The molecule has 0 bridgehead atoms. The second kappa shape index (κ2) is 4.53. The number of carbonyl (C=O) groups is 1. The standard InChI is InChI=1S/C12H15NO3/c14-10-3-1-2-8(6-10)11-7-9(12(15)16)4-5-13-11/h1-3,6,9,11,13-14H,4-5,7H2,(H,15,16). The molecular weight excluding hydrogens is 206 g/mol. The van der Waals surface area contributed by atoms with E-state index in [-0.39, 0.29) is 17.7 Å². The van der Waals surface area contributed by atoms with E-state index < -0.39 is 5.97 Å². The molecule has 0 saturated carbocycles. The summed E-state index contributed by atoms with van der Waals surface area (Å²) in [5, 5.41) is 21.6. The SMILES string of the molecule is O=C(O)C1CCNC(c2cccc(O)c2)C1. The number of carboxylic acids is 1. The first-order chi connectivity index (χ1) is 7.66. The maximum absolute atomic E-state index is 10.9. The Balaban J connectivity index is 2.12. The monoisotopic (exact) mass is 221 g/mol. The van der Waals surface area contributed by atoms with Crippen LogP contribution in [0.15, 0.2) is 24.3 Å². The quantitative estimate of drug-likeness (QED) is 0.708. The normalized spacial score (nSPS) is 25.2. The van der Waals surface area contributed by atoms with Crippen LogP contribution in [0.1, 0.15) is 24.4 Å². The van der Waals surface area contributed by atoms with Crippen LogP contribution >= 0.6 is 0 Å². The third kappa shape index (κ3) is 2.33. The molecule has 0 aromatic heterocycles. The van der Waals surface area contributed by atoms with Crippen molar-refractivity contribution in [2.45, 2.75) is 18.9 Å². The lowest BCUT2D eigenvalue weighted by Crippen LogP contribution is -2.34. The molecule has 1 aliphatic rings. The number of phenolic OH excluding ortho intramolecular Hbond substituents is 1. The van der Waals surface area contributed by atoms with Crippen LogP contribution in [0.25, 0.3) is 0 Å². The Morgan fingerprint density at radius 3 is 2.94 bits per heavy atom. The minimum atomic E-state index is -0.730. The van der Waals surface area contributed by atoms with Gasteiger partial charge in [0.2, 0.25) is 0 Å². The highest BCUT2D eigenvalue weighted by Crippen LogP contribution is 2.28. The molecule has 2 unspecified atom stereocenters. The molecule has 4 heteroatoms. The summed E-state index contributed by atoms with van der Waals surface area (Å²) in [7, 11) is 0. The van der Waals surface area contributed by atoms with E-state index in [1.54, 1.807) is 18.2 Å². The summed E-state index contributed by atoms with van der Waals surface area (Å²) in [6.45, 7) is 0.706. The van der Waals surface area contributed by atoms with Crippen LogP contribution < -0.4 is 5.32 Å². The van der Waals surface area contributed by atoms with Crippen LogP contribution in [0, 0.1) is 5.92 Å². The predicted molar refractivity (Wildman–Crippen MR) is 59.2 cm³/mol. The van der Waals surface area contributed by atoms with Crippen LogP contribution in [0.3, 0.4) is 0 Å². The summed E-state index contributed by atoms with van der Waals surface area (Å²) in [6.07, 6.45) is 1.25. The Morgan fingerprint density at radius 2 is 2.25 bits per heavy atom. The third-order valence-electron chi connectivity index (χ3n) is 3.03. The van der Waals surface area contributed by atoms with Gasteiger partial charge < -0.3 is 15.5 Å². The highest BCUT2D eigenvalue weighted by atomic mass is 16.4. The zero-order valence-corrected chi connectivity index (χ0v) is 8.89. The minimum absolute atomic E-state index is 0.0296. The number of benzene rings is 1. The van der Waals surface area contributed by atoms with E-state index in [0.29, 0.717) is 19.4 Å². The number of hydrogen-bond acceptors (Lipinski definition) is 3. The fourth-order valence-electron chi connectivity index (χ4n) is 2.14. The van der Waals surface area contributed by atoms with Crippen molar-refractivity contribution >= 4 is 5.97 Å². The van der Waals surface area contributed by atoms with Gasteiger partial charge in [0.15, 0.2) is 0 Å². The predicted octanol–water partition coefficient (Wildman–Crippen LogP) is 1.52. The summed E-state index contributed by atoms with van der Waals surface area (Å²) in [6, 6.07) is 7.00. The van der Waals surface area contributed by atoms with Gasteiger partial charge in [0.25, 0.3) is 0 Å². The molecule has 16 heavy (non-hydrogen) atoms. The number of hydrogen-bond donors (Lipinski definition) is 3. The van der Waals surface area contributed by atoms with Crippen molar-refractivity contribution in [2.24, 2.45) is 5.92 Å². The van der Waals surface area contributed by atoms with Gasteiger partial charge in [-0.25, -0.2) is 0 Å². The van der Waals surface area contributed by atoms with E-state index in [2.05, 4.69) is 5.32 Å². The lowest BCUT2D eigenvalue weighted by molar-refractivity contribution is -0.143. The summed E-state index contributed by atoms with van der Waals surface area (Å²) in [5.74, 6) is -0.794. The van der Waals surface area contributed by atoms with E-state index in [1.807, 2.05) is 6.07 Å². The zero-order chi connectivity index (χ0) is 11.5. The number of nitrogens with one attached hydrogen (secondary N) is 1. The smallest absolute Gasteiger partial charge is 0.306 e. The number of aliphatic carboxylic acids is 1. The number of phenols is 1. The first-order valence-electron chi connectivity index (χ1n) is 5.42. The second-order valence-corrected chi connectivity index (χ2v) is 4.16. The van der Waals surface area contributed by atoms with Gasteiger partial charge in [0.1, 0.15) is 5.75 Å². The van der Waals surface area contributed by atoms with Gasteiger partial charge in [-0.15, -0.1) is 0 Å². The van der Waals surface area contributed by atoms with Crippen molar-refractivity contribution in [3.63, 3.8) is 0 Å². The lowest BCUT2D eigenvalue weighted by Gasteiger charge is -2.28. The Hall–Kier alpha value is -1.55.